The Morgan fingerprint density at radius 2 is 2.25 bits per heavy atom. The minimum atomic E-state index is -0.0855. The van der Waals surface area contributed by atoms with E-state index in [1.165, 1.54) is 0 Å². The van der Waals surface area contributed by atoms with Crippen molar-refractivity contribution in [3.63, 3.8) is 0 Å². The maximum absolute atomic E-state index is 12.6. The van der Waals surface area contributed by atoms with E-state index in [1.807, 2.05) is 19.1 Å². The minimum Gasteiger partial charge on any atom is -0.395 e. The first-order valence-electron chi connectivity index (χ1n) is 6.26. The zero-order valence-electron chi connectivity index (χ0n) is 11.7. The van der Waals surface area contributed by atoms with Crippen molar-refractivity contribution in [2.75, 3.05) is 12.3 Å². The summed E-state index contributed by atoms with van der Waals surface area (Å²) >= 11 is 5.06. The van der Waals surface area contributed by atoms with Crippen LogP contribution in [-0.4, -0.2) is 27.1 Å². The summed E-state index contributed by atoms with van der Waals surface area (Å²) in [5.74, 6) is -0.0855. The van der Waals surface area contributed by atoms with Crippen LogP contribution < -0.4 is 5.73 Å². The van der Waals surface area contributed by atoms with Crippen molar-refractivity contribution in [2.24, 2.45) is 7.05 Å². The molecule has 0 radical (unpaired) electrons. The highest BCUT2D eigenvalue weighted by atomic mass is 79.9. The Balaban J connectivity index is 2.25. The number of anilines is 1. The Hall–Kier alpha value is -1.34. The van der Waals surface area contributed by atoms with Gasteiger partial charge in [0.15, 0.2) is 0 Å². The van der Waals surface area contributed by atoms with Crippen LogP contribution in [0, 0.1) is 6.92 Å². The fraction of sp³-hybridized carbons (Fsp3) is 0.385. The molecule has 20 heavy (non-hydrogen) atoms. The normalized spacial score (nSPS) is 10.8. The van der Waals surface area contributed by atoms with Crippen molar-refractivity contribution >= 4 is 38.9 Å². The van der Waals surface area contributed by atoms with Crippen molar-refractivity contribution in [1.82, 2.24) is 14.7 Å². The van der Waals surface area contributed by atoms with Gasteiger partial charge in [-0.2, -0.15) is 5.10 Å². The number of thiophene rings is 1. The number of carbonyl (C=O) groups is 1. The van der Waals surface area contributed by atoms with E-state index in [2.05, 4.69) is 21.0 Å². The van der Waals surface area contributed by atoms with Crippen LogP contribution in [0.1, 0.15) is 28.0 Å². The molecule has 0 fully saturated rings. The number of nitrogens with zero attached hydrogens (tertiary/aromatic N) is 3. The summed E-state index contributed by atoms with van der Waals surface area (Å²) in [6.45, 7) is 4.96. The third kappa shape index (κ3) is 2.88. The number of hydrogen-bond acceptors (Lipinski definition) is 4. The molecule has 0 unspecified atom stereocenters. The molecule has 0 aromatic carbocycles. The molecule has 2 aromatic heterocycles. The molecular weight excluding hydrogens is 340 g/mol. The third-order valence-electron chi connectivity index (χ3n) is 3.12. The summed E-state index contributed by atoms with van der Waals surface area (Å²) in [5, 5.41) is 4.20. The molecule has 0 atom stereocenters. The van der Waals surface area contributed by atoms with Gasteiger partial charge in [0.25, 0.3) is 5.91 Å². The topological polar surface area (TPSA) is 64.2 Å². The molecule has 0 aliphatic rings. The van der Waals surface area contributed by atoms with Gasteiger partial charge in [-0.1, -0.05) is 0 Å². The number of rotatable bonds is 4. The van der Waals surface area contributed by atoms with Crippen LogP contribution >= 0.6 is 27.3 Å². The molecular formula is C13H17BrN4OS. The molecule has 0 spiro atoms. The highest BCUT2D eigenvalue weighted by molar-refractivity contribution is 9.11. The lowest BCUT2D eigenvalue weighted by Crippen LogP contribution is -2.32. The molecule has 0 bridgehead atoms. The number of aryl methyl sites for hydroxylation is 2. The van der Waals surface area contributed by atoms with Gasteiger partial charge in [0, 0.05) is 18.5 Å². The predicted molar refractivity (Wildman–Crippen MR) is 84.8 cm³/mol. The first kappa shape index (κ1) is 15.1. The first-order valence-corrected chi connectivity index (χ1v) is 7.87. The van der Waals surface area contributed by atoms with Gasteiger partial charge in [0.05, 0.1) is 21.7 Å². The Morgan fingerprint density at radius 1 is 1.55 bits per heavy atom. The lowest BCUT2D eigenvalue weighted by molar-refractivity contribution is 0.0744. The third-order valence-corrected chi connectivity index (χ3v) is 4.72. The molecule has 0 aliphatic carbocycles. The lowest BCUT2D eigenvalue weighted by atomic mass is 10.2. The van der Waals surface area contributed by atoms with E-state index in [-0.39, 0.29) is 5.91 Å². The quantitative estimate of drug-likeness (QED) is 0.915. The van der Waals surface area contributed by atoms with Crippen molar-refractivity contribution < 1.29 is 4.79 Å². The number of hydrogen-bond donors (Lipinski definition) is 1. The van der Waals surface area contributed by atoms with Crippen molar-refractivity contribution in [3.05, 3.63) is 32.2 Å². The second-order valence-electron chi connectivity index (χ2n) is 4.50. The molecule has 108 valence electrons. The van der Waals surface area contributed by atoms with E-state index in [0.29, 0.717) is 30.2 Å². The second-order valence-corrected chi connectivity index (χ2v) is 7.04. The number of amides is 1. The SMILES string of the molecule is CCN(Cc1ccc(Br)s1)C(=O)c1c(N)c(C)nn1C. The molecule has 1 amide bonds. The number of aromatic nitrogens is 2. The summed E-state index contributed by atoms with van der Waals surface area (Å²) in [7, 11) is 1.74. The average Bonchev–Trinajstić information content (AvgIpc) is 2.91. The van der Waals surface area contributed by atoms with Gasteiger partial charge in [-0.25, -0.2) is 0 Å². The van der Waals surface area contributed by atoms with Crippen molar-refractivity contribution in [1.29, 1.82) is 0 Å². The predicted octanol–water partition coefficient (Wildman–Crippen LogP) is 2.80. The molecule has 2 N–H and O–H groups in total. The van der Waals surface area contributed by atoms with Crippen LogP contribution in [-0.2, 0) is 13.6 Å². The smallest absolute Gasteiger partial charge is 0.274 e. The highest BCUT2D eigenvalue weighted by Gasteiger charge is 2.23. The number of carbonyl (C=O) groups excluding carboxylic acids is 1. The van der Waals surface area contributed by atoms with Crippen LogP contribution in [0.4, 0.5) is 5.69 Å². The van der Waals surface area contributed by atoms with Crippen molar-refractivity contribution in [2.45, 2.75) is 20.4 Å². The number of halogens is 1. The molecule has 2 aromatic rings. The van der Waals surface area contributed by atoms with Gasteiger partial charge < -0.3 is 10.6 Å². The Bertz CT molecular complexity index is 634. The van der Waals surface area contributed by atoms with E-state index < -0.39 is 0 Å². The lowest BCUT2D eigenvalue weighted by Gasteiger charge is -2.20. The summed E-state index contributed by atoms with van der Waals surface area (Å²) in [5.41, 5.74) is 7.56. The van der Waals surface area contributed by atoms with E-state index >= 15 is 0 Å². The van der Waals surface area contributed by atoms with Gasteiger partial charge in [0.1, 0.15) is 5.69 Å². The summed E-state index contributed by atoms with van der Waals surface area (Å²) in [6, 6.07) is 4.00. The van der Waals surface area contributed by atoms with E-state index in [9.17, 15) is 4.79 Å². The van der Waals surface area contributed by atoms with E-state index in [0.717, 1.165) is 8.66 Å². The van der Waals surface area contributed by atoms with Gasteiger partial charge in [-0.05, 0) is 41.9 Å². The number of nitrogens with two attached hydrogens (primary N) is 1. The minimum absolute atomic E-state index is 0.0855. The van der Waals surface area contributed by atoms with Crippen LogP contribution in [0.3, 0.4) is 0 Å². The van der Waals surface area contributed by atoms with Crippen LogP contribution in [0.25, 0.3) is 0 Å². The van der Waals surface area contributed by atoms with E-state index in [1.54, 1.807) is 34.9 Å². The van der Waals surface area contributed by atoms with Crippen molar-refractivity contribution in [3.8, 4) is 0 Å². The number of nitrogen functional groups attached to an aromatic ring is 1. The molecule has 2 heterocycles. The second kappa shape index (κ2) is 5.97. The standard InChI is InChI=1S/C13H17BrN4OS/c1-4-18(7-9-5-6-10(14)20-9)13(19)12-11(15)8(2)16-17(12)3/h5-6H,4,7,15H2,1-3H3. The Labute approximate surface area is 130 Å². The van der Waals surface area contributed by atoms with Gasteiger partial charge >= 0.3 is 0 Å². The van der Waals surface area contributed by atoms with Crippen LogP contribution in [0.15, 0.2) is 15.9 Å². The molecule has 7 heteroatoms. The Morgan fingerprint density at radius 3 is 2.70 bits per heavy atom. The fourth-order valence-corrected chi connectivity index (χ4v) is 3.53. The van der Waals surface area contributed by atoms with E-state index in [4.69, 9.17) is 5.73 Å². The average molecular weight is 357 g/mol. The molecule has 2 rings (SSSR count). The maximum atomic E-state index is 12.6. The summed E-state index contributed by atoms with van der Waals surface area (Å²) in [6.07, 6.45) is 0. The highest BCUT2D eigenvalue weighted by Crippen LogP contribution is 2.24. The Kier molecular flexibility index (Phi) is 4.49. The molecule has 0 saturated heterocycles. The maximum Gasteiger partial charge on any atom is 0.274 e. The fourth-order valence-electron chi connectivity index (χ4n) is 2.03. The summed E-state index contributed by atoms with van der Waals surface area (Å²) < 4.78 is 2.62. The molecule has 0 aliphatic heterocycles. The van der Waals surface area contributed by atoms with Gasteiger partial charge in [-0.15, -0.1) is 11.3 Å². The zero-order chi connectivity index (χ0) is 14.9. The van der Waals surface area contributed by atoms with Crippen LogP contribution in [0.5, 0.6) is 0 Å². The van der Waals surface area contributed by atoms with Crippen LogP contribution in [0.2, 0.25) is 0 Å². The first-order chi connectivity index (χ1) is 9.43. The van der Waals surface area contributed by atoms with Gasteiger partial charge in [-0.3, -0.25) is 9.48 Å². The zero-order valence-corrected chi connectivity index (χ0v) is 14.1. The molecule has 5 nitrogen and oxygen atoms in total. The monoisotopic (exact) mass is 356 g/mol. The summed E-state index contributed by atoms with van der Waals surface area (Å²) in [4.78, 5) is 15.5. The largest absolute Gasteiger partial charge is 0.395 e. The van der Waals surface area contributed by atoms with Gasteiger partial charge in [0.2, 0.25) is 0 Å². The molecule has 0 saturated carbocycles.